The summed E-state index contributed by atoms with van der Waals surface area (Å²) in [5.74, 6) is 2.03. The molecule has 202 valence electrons. The van der Waals surface area contributed by atoms with Crippen LogP contribution < -0.4 is 14.2 Å². The summed E-state index contributed by atoms with van der Waals surface area (Å²) in [4.78, 5) is 24.8. The van der Waals surface area contributed by atoms with Gasteiger partial charge in [0.1, 0.15) is 23.0 Å². The number of hydrogen-bond donors (Lipinski definition) is 0. The van der Waals surface area contributed by atoms with Crippen LogP contribution in [0.25, 0.3) is 0 Å². The summed E-state index contributed by atoms with van der Waals surface area (Å²) < 4.78 is 22.5. The molecule has 6 heteroatoms. The Morgan fingerprint density at radius 1 is 0.667 bits per heavy atom. The van der Waals surface area contributed by atoms with E-state index < -0.39 is 5.97 Å². The van der Waals surface area contributed by atoms with E-state index in [0.29, 0.717) is 47.3 Å². The fraction of sp³-hybridized carbons (Fsp3) is 0.273. The molecule has 1 aliphatic carbocycles. The van der Waals surface area contributed by atoms with E-state index in [0.717, 1.165) is 24.8 Å². The van der Waals surface area contributed by atoms with Gasteiger partial charge in [0, 0.05) is 5.92 Å². The highest BCUT2D eigenvalue weighted by Gasteiger charge is 2.18. The topological polar surface area (TPSA) is 71.1 Å². The number of benzene rings is 3. The normalized spacial score (nSPS) is 14.6. The molecule has 0 amide bonds. The predicted molar refractivity (Wildman–Crippen MR) is 150 cm³/mol. The highest BCUT2D eigenvalue weighted by Crippen LogP contribution is 2.26. The molecule has 1 atom stereocenters. The van der Waals surface area contributed by atoms with E-state index in [9.17, 15) is 9.59 Å². The number of rotatable bonds is 11. The number of ether oxygens (including phenoxy) is 4. The Morgan fingerprint density at radius 3 is 1.67 bits per heavy atom. The first kappa shape index (κ1) is 27.7. The van der Waals surface area contributed by atoms with Crippen molar-refractivity contribution in [2.24, 2.45) is 5.92 Å². The van der Waals surface area contributed by atoms with Crippen molar-refractivity contribution in [3.05, 3.63) is 113 Å². The zero-order valence-electron chi connectivity index (χ0n) is 22.6. The molecule has 39 heavy (non-hydrogen) atoms. The summed E-state index contributed by atoms with van der Waals surface area (Å²) in [6.07, 6.45) is 6.38. The Hall–Kier alpha value is -4.32. The largest absolute Gasteiger partial charge is 0.494 e. The van der Waals surface area contributed by atoms with E-state index in [-0.39, 0.29) is 11.9 Å². The molecular formula is C33H34O6. The second-order valence-electron chi connectivity index (χ2n) is 9.73. The van der Waals surface area contributed by atoms with Crippen molar-refractivity contribution >= 4 is 11.9 Å². The summed E-state index contributed by atoms with van der Waals surface area (Å²) >= 11 is 0. The highest BCUT2D eigenvalue weighted by molar-refractivity contribution is 5.91. The molecule has 3 aromatic rings. The minimum Gasteiger partial charge on any atom is -0.494 e. The Balaban J connectivity index is 1.12. The Bertz CT molecular complexity index is 1320. The minimum atomic E-state index is -0.406. The van der Waals surface area contributed by atoms with E-state index in [4.69, 9.17) is 18.9 Å². The smallest absolute Gasteiger partial charge is 0.343 e. The maximum absolute atomic E-state index is 12.5. The van der Waals surface area contributed by atoms with Crippen molar-refractivity contribution in [3.8, 4) is 17.2 Å². The first-order valence-corrected chi connectivity index (χ1v) is 13.2. The summed E-state index contributed by atoms with van der Waals surface area (Å²) in [7, 11) is 0. The van der Waals surface area contributed by atoms with E-state index in [1.807, 2.05) is 31.2 Å². The standard InChI is InChI=1S/C33H34O6/c1-23-6-13-30(14-7-23)38-32(34)26-9-15-28(16-10-26)36-20-4-5-21-37-29-17-11-27(12-18-29)33(35)39-31-19-8-24(2)22-25(31)3/h6-19,25H,4-5,20-22H2,1-3H3. The number of allylic oxidation sites excluding steroid dienone is 4. The Labute approximate surface area is 229 Å². The monoisotopic (exact) mass is 526 g/mol. The third-order valence-electron chi connectivity index (χ3n) is 6.34. The van der Waals surface area contributed by atoms with E-state index >= 15 is 0 Å². The minimum absolute atomic E-state index is 0.193. The second-order valence-corrected chi connectivity index (χ2v) is 9.73. The van der Waals surface area contributed by atoms with E-state index in [1.54, 1.807) is 60.7 Å². The summed E-state index contributed by atoms with van der Waals surface area (Å²) in [6.45, 7) is 7.17. The van der Waals surface area contributed by atoms with Gasteiger partial charge >= 0.3 is 11.9 Å². The molecule has 0 aliphatic heterocycles. The van der Waals surface area contributed by atoms with Crippen LogP contribution in [0.4, 0.5) is 0 Å². The number of carbonyl (C=O) groups excluding carboxylic acids is 2. The van der Waals surface area contributed by atoms with Crippen LogP contribution in [0.5, 0.6) is 17.2 Å². The van der Waals surface area contributed by atoms with Crippen molar-refractivity contribution in [3.63, 3.8) is 0 Å². The molecule has 4 rings (SSSR count). The zero-order chi connectivity index (χ0) is 27.6. The van der Waals surface area contributed by atoms with Crippen LogP contribution >= 0.6 is 0 Å². The van der Waals surface area contributed by atoms with Crippen LogP contribution in [0, 0.1) is 12.8 Å². The molecule has 1 aliphatic rings. The second kappa shape index (κ2) is 13.5. The van der Waals surface area contributed by atoms with Gasteiger partial charge in [-0.25, -0.2) is 9.59 Å². The Morgan fingerprint density at radius 2 is 1.15 bits per heavy atom. The number of aryl methyl sites for hydroxylation is 1. The lowest BCUT2D eigenvalue weighted by molar-refractivity contribution is 0.0589. The lowest BCUT2D eigenvalue weighted by Gasteiger charge is -2.19. The zero-order valence-corrected chi connectivity index (χ0v) is 22.6. The SMILES string of the molecule is CC1=CC=C(OC(=O)c2ccc(OCCCCOc3ccc(C(=O)Oc4ccc(C)cc4)cc3)cc2)C(C)C1. The van der Waals surface area contributed by atoms with Crippen molar-refractivity contribution < 1.29 is 28.5 Å². The first-order chi connectivity index (χ1) is 18.9. The predicted octanol–water partition coefficient (Wildman–Crippen LogP) is 7.48. The quantitative estimate of drug-likeness (QED) is 0.147. The molecule has 0 N–H and O–H groups in total. The lowest BCUT2D eigenvalue weighted by Crippen LogP contribution is -2.12. The average molecular weight is 527 g/mol. The fourth-order valence-electron chi connectivity index (χ4n) is 4.07. The van der Waals surface area contributed by atoms with Gasteiger partial charge in [0.2, 0.25) is 0 Å². The van der Waals surface area contributed by atoms with Gasteiger partial charge in [-0.05, 0) is 99.8 Å². The molecule has 6 nitrogen and oxygen atoms in total. The molecule has 0 spiro atoms. The van der Waals surface area contributed by atoms with Gasteiger partial charge in [0.15, 0.2) is 0 Å². The van der Waals surface area contributed by atoms with Crippen molar-refractivity contribution in [2.45, 2.75) is 40.0 Å². The van der Waals surface area contributed by atoms with Gasteiger partial charge in [-0.3, -0.25) is 0 Å². The number of hydrogen-bond acceptors (Lipinski definition) is 6. The molecule has 0 saturated carbocycles. The van der Waals surface area contributed by atoms with Crippen LogP contribution in [0.15, 0.2) is 96.3 Å². The van der Waals surface area contributed by atoms with Gasteiger partial charge in [0.05, 0.1) is 24.3 Å². The highest BCUT2D eigenvalue weighted by atomic mass is 16.5. The van der Waals surface area contributed by atoms with Crippen LogP contribution in [0.2, 0.25) is 0 Å². The molecular weight excluding hydrogens is 492 g/mol. The van der Waals surface area contributed by atoms with Crippen molar-refractivity contribution in [2.75, 3.05) is 13.2 Å². The fourth-order valence-corrected chi connectivity index (χ4v) is 4.07. The number of carbonyl (C=O) groups is 2. The third-order valence-corrected chi connectivity index (χ3v) is 6.34. The number of unbranched alkanes of at least 4 members (excludes halogenated alkanes) is 1. The lowest BCUT2D eigenvalue weighted by atomic mass is 9.95. The van der Waals surface area contributed by atoms with Crippen LogP contribution in [0.3, 0.4) is 0 Å². The van der Waals surface area contributed by atoms with Crippen LogP contribution in [0.1, 0.15) is 59.4 Å². The van der Waals surface area contributed by atoms with Crippen LogP contribution in [-0.4, -0.2) is 25.2 Å². The Kier molecular flexibility index (Phi) is 9.57. The molecule has 0 heterocycles. The van der Waals surface area contributed by atoms with E-state index in [2.05, 4.69) is 13.8 Å². The summed E-state index contributed by atoms with van der Waals surface area (Å²) in [5.41, 5.74) is 3.34. The van der Waals surface area contributed by atoms with Crippen LogP contribution in [-0.2, 0) is 4.74 Å². The van der Waals surface area contributed by atoms with Gasteiger partial charge in [-0.2, -0.15) is 0 Å². The van der Waals surface area contributed by atoms with E-state index in [1.165, 1.54) is 5.57 Å². The van der Waals surface area contributed by atoms with Crippen molar-refractivity contribution in [1.82, 2.24) is 0 Å². The van der Waals surface area contributed by atoms with Gasteiger partial charge in [-0.15, -0.1) is 0 Å². The molecule has 0 aromatic heterocycles. The number of esters is 2. The third kappa shape index (κ3) is 8.34. The summed E-state index contributed by atoms with van der Waals surface area (Å²) in [6, 6.07) is 21.2. The van der Waals surface area contributed by atoms with Gasteiger partial charge in [0.25, 0.3) is 0 Å². The van der Waals surface area contributed by atoms with Gasteiger partial charge < -0.3 is 18.9 Å². The maximum Gasteiger partial charge on any atom is 0.343 e. The average Bonchev–Trinajstić information content (AvgIpc) is 2.94. The first-order valence-electron chi connectivity index (χ1n) is 13.2. The maximum atomic E-state index is 12.5. The molecule has 0 radical (unpaired) electrons. The molecule has 0 bridgehead atoms. The molecule has 0 fully saturated rings. The van der Waals surface area contributed by atoms with Crippen molar-refractivity contribution in [1.29, 1.82) is 0 Å². The van der Waals surface area contributed by atoms with Gasteiger partial charge in [-0.1, -0.05) is 36.3 Å². The summed E-state index contributed by atoms with van der Waals surface area (Å²) in [5, 5.41) is 0. The molecule has 1 unspecified atom stereocenters. The molecule has 3 aromatic carbocycles. The molecule has 0 saturated heterocycles.